The number of nitrogens with two attached hydrogens (primary N) is 1. The first-order chi connectivity index (χ1) is 35.1. The number of carbonyl (C=O) groups excluding carboxylic acids is 1. The number of aliphatic hydroxyl groups is 1. The SMILES string of the molecule is COCCCCNCc1c(O)c2c(c3c1CC#Cc1nc(N)ccc1CC1CCC4(Cc5cc(O)cc(OCO)c5-c5ccc6c(c54)OC3C6COC(C)=O)C1)C=CC1NC3CCCC(CSSCC1O2)C3. The number of aromatic hydroxyl groups is 2. The number of phenols is 2. The third-order valence-corrected chi connectivity index (χ3v) is 18.9. The molecule has 2 saturated carbocycles. The Morgan fingerprint density at radius 3 is 2.81 bits per heavy atom. The number of anilines is 1. The Morgan fingerprint density at radius 1 is 1.06 bits per heavy atom. The van der Waals surface area contributed by atoms with E-state index in [4.69, 9.17) is 34.4 Å². The normalized spacial score (nSPS) is 26.5. The molecule has 5 heterocycles. The number of ether oxygens (including phenoxy) is 5. The lowest BCUT2D eigenvalue weighted by molar-refractivity contribution is -0.141. The molecule has 380 valence electrons. The molecule has 3 aromatic carbocycles. The number of fused-ring (bicyclic) bond motifs is 12. The summed E-state index contributed by atoms with van der Waals surface area (Å²) in [5.74, 6) is 11.0. The van der Waals surface area contributed by atoms with E-state index in [0.29, 0.717) is 72.4 Å². The van der Waals surface area contributed by atoms with Gasteiger partial charge in [0, 0.05) is 96.0 Å². The number of pyridine rings is 1. The molecule has 3 fully saturated rings. The van der Waals surface area contributed by atoms with Gasteiger partial charge in [0.05, 0.1) is 12.0 Å². The smallest absolute Gasteiger partial charge is 0.302 e. The van der Waals surface area contributed by atoms with E-state index in [9.17, 15) is 20.1 Å². The van der Waals surface area contributed by atoms with Crippen LogP contribution in [0, 0.1) is 23.7 Å². The summed E-state index contributed by atoms with van der Waals surface area (Å²) in [6.07, 6.45) is 14.0. The number of hydrogen-bond acceptors (Lipinski definition) is 15. The van der Waals surface area contributed by atoms with Gasteiger partial charge in [-0.3, -0.25) is 4.79 Å². The topological polar surface area (TPSA) is 187 Å². The van der Waals surface area contributed by atoms with Gasteiger partial charge in [-0.15, -0.1) is 0 Å². The quantitative estimate of drug-likeness (QED) is 0.0275. The minimum Gasteiger partial charge on any atom is -0.508 e. The number of nitrogens with one attached hydrogen (secondary N) is 2. The van der Waals surface area contributed by atoms with Crippen molar-refractivity contribution in [2.45, 2.75) is 126 Å². The van der Waals surface area contributed by atoms with Crippen LogP contribution >= 0.6 is 21.6 Å². The largest absolute Gasteiger partial charge is 0.508 e. The number of aromatic nitrogens is 1. The molecule has 8 atom stereocenters. The van der Waals surface area contributed by atoms with Gasteiger partial charge in [0.15, 0.2) is 18.3 Å². The molecular formula is C57H66N4O9S2. The van der Waals surface area contributed by atoms with Gasteiger partial charge < -0.3 is 55.4 Å². The summed E-state index contributed by atoms with van der Waals surface area (Å²) in [4.78, 5) is 17.8. The molecule has 0 radical (unpaired) electrons. The number of rotatable bonds is 11. The summed E-state index contributed by atoms with van der Waals surface area (Å²) in [6, 6.07) is 11.8. The van der Waals surface area contributed by atoms with Gasteiger partial charge >= 0.3 is 5.97 Å². The van der Waals surface area contributed by atoms with Gasteiger partial charge in [0.1, 0.15) is 47.6 Å². The lowest BCUT2D eigenvalue weighted by atomic mass is 9.65. The van der Waals surface area contributed by atoms with Crippen LogP contribution in [0.5, 0.6) is 28.7 Å². The number of hydrogen-bond donors (Lipinski definition) is 6. The Kier molecular flexibility index (Phi) is 14.4. The van der Waals surface area contributed by atoms with E-state index in [0.717, 1.165) is 113 Å². The second-order valence-corrected chi connectivity index (χ2v) is 23.5. The van der Waals surface area contributed by atoms with E-state index >= 15 is 0 Å². The Hall–Kier alpha value is -5.08. The lowest BCUT2D eigenvalue weighted by Crippen LogP contribution is -2.49. The summed E-state index contributed by atoms with van der Waals surface area (Å²) in [5, 5.41) is 41.9. The zero-order chi connectivity index (χ0) is 49.5. The van der Waals surface area contributed by atoms with Crippen molar-refractivity contribution in [3.63, 3.8) is 0 Å². The summed E-state index contributed by atoms with van der Waals surface area (Å²) < 4.78 is 32.3. The molecule has 7 N–H and O–H groups in total. The maximum atomic E-state index is 12.9. The number of carbonyl (C=O) groups is 1. The molecule has 1 spiro atoms. The Labute approximate surface area is 430 Å². The summed E-state index contributed by atoms with van der Waals surface area (Å²) >= 11 is 0. The zero-order valence-corrected chi connectivity index (χ0v) is 42.9. The highest BCUT2D eigenvalue weighted by Crippen LogP contribution is 2.63. The number of unbranched alkanes of at least 4 members (excludes halogenated alkanes) is 1. The highest BCUT2D eigenvalue weighted by Gasteiger charge is 2.52. The van der Waals surface area contributed by atoms with E-state index in [2.05, 4.69) is 52.8 Å². The molecule has 1 saturated heterocycles. The maximum absolute atomic E-state index is 12.9. The molecule has 4 aromatic rings. The third kappa shape index (κ3) is 9.52. The van der Waals surface area contributed by atoms with Gasteiger partial charge in [-0.05, 0) is 123 Å². The van der Waals surface area contributed by atoms with Gasteiger partial charge in [-0.25, -0.2) is 4.98 Å². The summed E-state index contributed by atoms with van der Waals surface area (Å²) in [6.45, 7) is 2.61. The van der Waals surface area contributed by atoms with E-state index < -0.39 is 30.2 Å². The average Bonchev–Trinajstić information content (AvgIpc) is 3.87. The van der Waals surface area contributed by atoms with Crippen LogP contribution < -0.4 is 30.6 Å². The number of phenolic OH excluding ortho intramolecular Hbond substituents is 2. The van der Waals surface area contributed by atoms with Gasteiger partial charge in [0.2, 0.25) is 0 Å². The second kappa shape index (κ2) is 21.0. The molecule has 4 aliphatic heterocycles. The highest BCUT2D eigenvalue weighted by molar-refractivity contribution is 8.76. The molecular weight excluding hydrogens is 949 g/mol. The van der Waals surface area contributed by atoms with Crippen LogP contribution in [0.25, 0.3) is 17.2 Å². The van der Waals surface area contributed by atoms with Crippen molar-refractivity contribution in [3.05, 3.63) is 92.7 Å². The van der Waals surface area contributed by atoms with Crippen molar-refractivity contribution < 1.29 is 43.8 Å². The highest BCUT2D eigenvalue weighted by atomic mass is 33.1. The van der Waals surface area contributed by atoms with E-state index in [1.807, 2.05) is 33.7 Å². The fourth-order valence-corrected chi connectivity index (χ4v) is 15.8. The average molecular weight is 1020 g/mol. The molecule has 15 heteroatoms. The van der Waals surface area contributed by atoms with Crippen LogP contribution in [0.15, 0.2) is 42.5 Å². The van der Waals surface area contributed by atoms with Crippen LogP contribution in [-0.2, 0) is 45.5 Å². The van der Waals surface area contributed by atoms with Crippen molar-refractivity contribution >= 4 is 39.5 Å². The van der Waals surface area contributed by atoms with Crippen molar-refractivity contribution in [2.75, 3.05) is 50.9 Å². The molecule has 8 unspecified atom stereocenters. The molecule has 0 amide bonds. The van der Waals surface area contributed by atoms with Crippen LogP contribution in [-0.4, -0.2) is 89.6 Å². The maximum Gasteiger partial charge on any atom is 0.302 e. The Bertz CT molecular complexity index is 2830. The number of methoxy groups -OCH3 is 1. The van der Waals surface area contributed by atoms with Crippen LogP contribution in [0.4, 0.5) is 5.82 Å². The number of nitrogen functional groups attached to an aromatic ring is 1. The molecule has 3 aliphatic carbocycles. The minimum absolute atomic E-state index is 0.0449. The summed E-state index contributed by atoms with van der Waals surface area (Å²) in [7, 11) is 5.48. The van der Waals surface area contributed by atoms with Crippen molar-refractivity contribution in [2.24, 2.45) is 11.8 Å². The van der Waals surface area contributed by atoms with Crippen LogP contribution in [0.2, 0.25) is 0 Å². The monoisotopic (exact) mass is 1010 g/mol. The first-order valence-corrected chi connectivity index (χ1v) is 28.4. The third-order valence-electron chi connectivity index (χ3n) is 16.3. The fraction of sp³-hybridized carbons (Fsp3) is 0.509. The number of aliphatic hydroxyl groups excluding tert-OH is 1. The number of esters is 1. The predicted octanol–water partition coefficient (Wildman–Crippen LogP) is 8.80. The Morgan fingerprint density at radius 2 is 1.94 bits per heavy atom. The standard InChI is InChI=1S/C57H66N4O9S2/c1-32(63)67-28-44-40-12-13-41-50-36(23-38(64)24-47(50)68-31-62)26-57-18-17-33(25-57)21-35-11-16-49(58)61-45(35)10-6-9-39-43(27-59-19-3-4-20-66-2)53(65)56-42(51(39)54(44)70-55(40)52(41)57)14-15-46-48(69-56)30-72-71-29-34-7-5-8-37(22-34)60-46/h11-16,23-24,33-34,37,44,46,48,54,59-60,62,64-65H,3-5,7-9,17-22,25-31H2,1-2H3,(H2,58,61). The van der Waals surface area contributed by atoms with Crippen molar-refractivity contribution in [1.82, 2.24) is 15.6 Å². The van der Waals surface area contributed by atoms with Gasteiger partial charge in [-0.1, -0.05) is 64.3 Å². The molecule has 72 heavy (non-hydrogen) atoms. The Balaban J connectivity index is 1.15. The van der Waals surface area contributed by atoms with E-state index in [-0.39, 0.29) is 42.6 Å². The molecule has 6 bridgehead atoms. The second-order valence-electron chi connectivity index (χ2n) is 20.9. The van der Waals surface area contributed by atoms with Crippen molar-refractivity contribution in [1.29, 1.82) is 0 Å². The first-order valence-electron chi connectivity index (χ1n) is 25.9. The van der Waals surface area contributed by atoms with E-state index in [1.54, 1.807) is 13.2 Å². The van der Waals surface area contributed by atoms with Crippen LogP contribution in [0.3, 0.4) is 0 Å². The molecule has 1 aromatic heterocycles. The van der Waals surface area contributed by atoms with Gasteiger partial charge in [-0.2, -0.15) is 0 Å². The fourth-order valence-electron chi connectivity index (χ4n) is 13.2. The predicted molar refractivity (Wildman–Crippen MR) is 282 cm³/mol. The van der Waals surface area contributed by atoms with Crippen molar-refractivity contribution in [3.8, 4) is 51.7 Å². The van der Waals surface area contributed by atoms with Crippen LogP contribution in [0.1, 0.15) is 127 Å². The summed E-state index contributed by atoms with van der Waals surface area (Å²) in [5.41, 5.74) is 15.4. The molecule has 7 aliphatic rings. The van der Waals surface area contributed by atoms with Gasteiger partial charge in [0.25, 0.3) is 0 Å². The minimum atomic E-state index is -0.713. The number of nitrogens with zero attached hydrogens (tertiary/aromatic N) is 1. The molecule has 11 rings (SSSR count). The number of benzene rings is 3. The molecule has 13 nitrogen and oxygen atoms in total. The first kappa shape index (κ1) is 49.1. The van der Waals surface area contributed by atoms with E-state index in [1.165, 1.54) is 19.8 Å². The lowest BCUT2D eigenvalue weighted by Gasteiger charge is -2.39. The zero-order valence-electron chi connectivity index (χ0n) is 41.2.